The van der Waals surface area contributed by atoms with E-state index in [1.54, 1.807) is 12.1 Å². The van der Waals surface area contributed by atoms with Gasteiger partial charge in [0.2, 0.25) is 0 Å². The lowest BCUT2D eigenvalue weighted by Crippen LogP contribution is -2.34. The van der Waals surface area contributed by atoms with Crippen molar-refractivity contribution >= 4 is 5.91 Å². The highest BCUT2D eigenvalue weighted by Crippen LogP contribution is 2.01. The zero-order valence-electron chi connectivity index (χ0n) is 9.49. The van der Waals surface area contributed by atoms with Crippen LogP contribution in [0.1, 0.15) is 23.9 Å². The first-order valence-corrected chi connectivity index (χ1v) is 5.08. The van der Waals surface area contributed by atoms with Crippen LogP contribution in [0.3, 0.4) is 0 Å². The van der Waals surface area contributed by atoms with Gasteiger partial charge in [-0.25, -0.2) is 0 Å². The summed E-state index contributed by atoms with van der Waals surface area (Å²) >= 11 is 0. The Balaban J connectivity index is 2.32. The molecule has 1 aromatic rings. The number of nitrogens with one attached hydrogen (secondary N) is 1. The SMILES string of the molecule is CC(CCN(C)C)NC(=O)c1ccco1. The zero-order valence-corrected chi connectivity index (χ0v) is 9.49. The summed E-state index contributed by atoms with van der Waals surface area (Å²) < 4.78 is 5.00. The molecule has 1 unspecified atom stereocenters. The molecule has 0 spiro atoms. The lowest BCUT2D eigenvalue weighted by Gasteiger charge is -2.15. The fourth-order valence-electron chi connectivity index (χ4n) is 1.23. The fraction of sp³-hybridized carbons (Fsp3) is 0.545. The summed E-state index contributed by atoms with van der Waals surface area (Å²) in [4.78, 5) is 13.6. The predicted molar refractivity (Wildman–Crippen MR) is 58.8 cm³/mol. The second-order valence-corrected chi connectivity index (χ2v) is 3.94. The molecule has 0 aliphatic rings. The smallest absolute Gasteiger partial charge is 0.287 e. The first kappa shape index (κ1) is 11.8. The Morgan fingerprint density at radius 3 is 2.87 bits per heavy atom. The molecule has 1 N–H and O–H groups in total. The van der Waals surface area contributed by atoms with Gasteiger partial charge < -0.3 is 14.6 Å². The molecule has 0 aliphatic heterocycles. The highest BCUT2D eigenvalue weighted by molar-refractivity contribution is 5.91. The number of hydrogen-bond acceptors (Lipinski definition) is 3. The van der Waals surface area contributed by atoms with E-state index in [0.717, 1.165) is 13.0 Å². The fourth-order valence-corrected chi connectivity index (χ4v) is 1.23. The van der Waals surface area contributed by atoms with E-state index < -0.39 is 0 Å². The number of hydrogen-bond donors (Lipinski definition) is 1. The monoisotopic (exact) mass is 210 g/mol. The van der Waals surface area contributed by atoms with E-state index in [1.807, 2.05) is 21.0 Å². The molecule has 84 valence electrons. The molecular weight excluding hydrogens is 192 g/mol. The summed E-state index contributed by atoms with van der Waals surface area (Å²) in [5, 5.41) is 2.88. The second kappa shape index (κ2) is 5.56. The molecule has 1 heterocycles. The van der Waals surface area contributed by atoms with Crippen LogP contribution in [0.15, 0.2) is 22.8 Å². The molecule has 1 aromatic heterocycles. The molecule has 1 rings (SSSR count). The third kappa shape index (κ3) is 4.16. The van der Waals surface area contributed by atoms with Gasteiger partial charge in [0.15, 0.2) is 5.76 Å². The Morgan fingerprint density at radius 1 is 1.60 bits per heavy atom. The lowest BCUT2D eigenvalue weighted by atomic mass is 10.2. The highest BCUT2D eigenvalue weighted by atomic mass is 16.3. The molecule has 1 atom stereocenters. The van der Waals surface area contributed by atoms with Crippen molar-refractivity contribution in [3.05, 3.63) is 24.2 Å². The van der Waals surface area contributed by atoms with Gasteiger partial charge in [0.1, 0.15) is 0 Å². The normalized spacial score (nSPS) is 12.8. The van der Waals surface area contributed by atoms with Crippen LogP contribution in [0.2, 0.25) is 0 Å². The van der Waals surface area contributed by atoms with Crippen LogP contribution < -0.4 is 5.32 Å². The van der Waals surface area contributed by atoms with Crippen molar-refractivity contribution in [1.82, 2.24) is 10.2 Å². The predicted octanol–water partition coefficient (Wildman–Crippen LogP) is 1.35. The Labute approximate surface area is 90.3 Å². The molecule has 0 aromatic carbocycles. The third-order valence-electron chi connectivity index (χ3n) is 2.13. The van der Waals surface area contributed by atoms with Gasteiger partial charge in [-0.2, -0.15) is 0 Å². The van der Waals surface area contributed by atoms with Gasteiger partial charge in [0.25, 0.3) is 5.91 Å². The molecule has 0 radical (unpaired) electrons. The maximum absolute atomic E-state index is 11.5. The van der Waals surface area contributed by atoms with Gasteiger partial charge in [0.05, 0.1) is 6.26 Å². The minimum absolute atomic E-state index is 0.147. The number of rotatable bonds is 5. The van der Waals surface area contributed by atoms with Crippen molar-refractivity contribution in [3.63, 3.8) is 0 Å². The number of amides is 1. The van der Waals surface area contributed by atoms with E-state index in [2.05, 4.69) is 10.2 Å². The quantitative estimate of drug-likeness (QED) is 0.798. The first-order chi connectivity index (χ1) is 7.09. The van der Waals surface area contributed by atoms with E-state index in [1.165, 1.54) is 6.26 Å². The van der Waals surface area contributed by atoms with Gasteiger partial charge >= 0.3 is 0 Å². The Morgan fingerprint density at radius 2 is 2.33 bits per heavy atom. The van der Waals surface area contributed by atoms with Crippen LogP contribution in [0.25, 0.3) is 0 Å². The van der Waals surface area contributed by atoms with Crippen molar-refractivity contribution < 1.29 is 9.21 Å². The summed E-state index contributed by atoms with van der Waals surface area (Å²) in [6, 6.07) is 3.53. The van der Waals surface area contributed by atoms with Gasteiger partial charge in [0, 0.05) is 6.04 Å². The number of furan rings is 1. The third-order valence-corrected chi connectivity index (χ3v) is 2.13. The van der Waals surface area contributed by atoms with Gasteiger partial charge in [-0.3, -0.25) is 4.79 Å². The maximum atomic E-state index is 11.5. The lowest BCUT2D eigenvalue weighted by molar-refractivity contribution is 0.0909. The van der Waals surface area contributed by atoms with E-state index in [9.17, 15) is 4.79 Å². The van der Waals surface area contributed by atoms with Crippen LogP contribution >= 0.6 is 0 Å². The largest absolute Gasteiger partial charge is 0.459 e. The topological polar surface area (TPSA) is 45.5 Å². The van der Waals surface area contributed by atoms with Crippen molar-refractivity contribution in [2.45, 2.75) is 19.4 Å². The number of carbonyl (C=O) groups is 1. The Kier molecular flexibility index (Phi) is 4.37. The van der Waals surface area contributed by atoms with E-state index >= 15 is 0 Å². The van der Waals surface area contributed by atoms with Gasteiger partial charge in [-0.05, 0) is 46.1 Å². The molecule has 0 fully saturated rings. The molecule has 0 aliphatic carbocycles. The van der Waals surface area contributed by atoms with Crippen LogP contribution in [-0.4, -0.2) is 37.5 Å². The molecule has 0 bridgehead atoms. The maximum Gasteiger partial charge on any atom is 0.287 e. The van der Waals surface area contributed by atoms with Crippen molar-refractivity contribution in [2.24, 2.45) is 0 Å². The molecule has 0 saturated heterocycles. The Hall–Kier alpha value is -1.29. The van der Waals surface area contributed by atoms with Crippen LogP contribution in [-0.2, 0) is 0 Å². The molecule has 4 heteroatoms. The summed E-state index contributed by atoms with van der Waals surface area (Å²) in [5.74, 6) is 0.220. The van der Waals surface area contributed by atoms with Gasteiger partial charge in [-0.15, -0.1) is 0 Å². The van der Waals surface area contributed by atoms with Crippen molar-refractivity contribution in [1.29, 1.82) is 0 Å². The standard InChI is InChI=1S/C11H18N2O2/c1-9(6-7-13(2)3)12-11(14)10-5-4-8-15-10/h4-5,8-9H,6-7H2,1-3H3,(H,12,14). The summed E-state index contributed by atoms with van der Waals surface area (Å²) in [6.45, 7) is 2.95. The minimum Gasteiger partial charge on any atom is -0.459 e. The van der Waals surface area contributed by atoms with Crippen molar-refractivity contribution in [2.75, 3.05) is 20.6 Å². The van der Waals surface area contributed by atoms with Gasteiger partial charge in [-0.1, -0.05) is 0 Å². The van der Waals surface area contributed by atoms with Crippen molar-refractivity contribution in [3.8, 4) is 0 Å². The summed E-state index contributed by atoms with van der Waals surface area (Å²) in [7, 11) is 4.03. The highest BCUT2D eigenvalue weighted by Gasteiger charge is 2.11. The first-order valence-electron chi connectivity index (χ1n) is 5.08. The Bertz CT molecular complexity index is 294. The number of nitrogens with zero attached hydrogens (tertiary/aromatic N) is 1. The average Bonchev–Trinajstić information content (AvgIpc) is 2.67. The van der Waals surface area contributed by atoms with E-state index in [4.69, 9.17) is 4.42 Å². The average molecular weight is 210 g/mol. The molecule has 4 nitrogen and oxygen atoms in total. The number of carbonyl (C=O) groups excluding carboxylic acids is 1. The summed E-state index contributed by atoms with van der Waals surface area (Å²) in [5.41, 5.74) is 0. The molecule has 1 amide bonds. The molecular formula is C11H18N2O2. The summed E-state index contributed by atoms with van der Waals surface area (Å²) in [6.07, 6.45) is 2.43. The minimum atomic E-state index is -0.147. The van der Waals surface area contributed by atoms with Crippen LogP contribution in [0, 0.1) is 0 Å². The van der Waals surface area contributed by atoms with E-state index in [0.29, 0.717) is 5.76 Å². The zero-order chi connectivity index (χ0) is 11.3. The molecule has 15 heavy (non-hydrogen) atoms. The van der Waals surface area contributed by atoms with Crippen LogP contribution in [0.4, 0.5) is 0 Å². The molecule has 0 saturated carbocycles. The van der Waals surface area contributed by atoms with E-state index in [-0.39, 0.29) is 11.9 Å². The second-order valence-electron chi connectivity index (χ2n) is 3.94. The van der Waals surface area contributed by atoms with Crippen LogP contribution in [0.5, 0.6) is 0 Å².